The molecule has 0 atom stereocenters. The van der Waals surface area contributed by atoms with Crippen LogP contribution in [0.25, 0.3) is 0 Å². The van der Waals surface area contributed by atoms with Crippen molar-refractivity contribution in [2.75, 3.05) is 11.4 Å². The van der Waals surface area contributed by atoms with Crippen molar-refractivity contribution in [1.29, 1.82) is 0 Å². The second-order valence-electron chi connectivity index (χ2n) is 4.16. The molecule has 1 aromatic carbocycles. The van der Waals surface area contributed by atoms with Gasteiger partial charge in [-0.2, -0.15) is 0 Å². The lowest BCUT2D eigenvalue weighted by Crippen LogP contribution is -2.29. The highest BCUT2D eigenvalue weighted by molar-refractivity contribution is 7.93. The third-order valence-corrected chi connectivity index (χ3v) is 4.92. The summed E-state index contributed by atoms with van der Waals surface area (Å²) in [4.78, 5) is 3.24. The number of rotatable bonds is 4. The Morgan fingerprint density at radius 3 is 2.48 bits per heavy atom. The molecule has 0 amide bonds. The normalized spacial score (nSPS) is 11.1. The van der Waals surface area contributed by atoms with E-state index in [2.05, 4.69) is 4.98 Å². The quantitative estimate of drug-likeness (QED) is 0.866. The number of anilines is 1. The Morgan fingerprint density at radius 2 is 1.90 bits per heavy atom. The molecule has 0 unspecified atom stereocenters. The molecule has 8 heteroatoms. The van der Waals surface area contributed by atoms with Gasteiger partial charge in [-0.15, -0.1) is 0 Å². The summed E-state index contributed by atoms with van der Waals surface area (Å²) in [5.41, 5.74) is 5.56. The molecule has 0 saturated carbocycles. The van der Waals surface area contributed by atoms with Crippen molar-refractivity contribution in [3.05, 3.63) is 54.1 Å². The highest BCUT2D eigenvalue weighted by Crippen LogP contribution is 2.25. The number of hydrogen-bond acceptors (Lipinski definition) is 4. The Kier molecular flexibility index (Phi) is 4.19. The fourth-order valence-electron chi connectivity index (χ4n) is 1.80. The molecule has 2 N–H and O–H groups in total. The smallest absolute Gasteiger partial charge is 0.264 e. The molecule has 0 spiro atoms. The summed E-state index contributed by atoms with van der Waals surface area (Å²) < 4.78 is 40.1. The molecule has 0 saturated heterocycles. The zero-order chi connectivity index (χ0) is 15.6. The summed E-state index contributed by atoms with van der Waals surface area (Å²) in [6.45, 7) is 0. The maximum Gasteiger partial charge on any atom is 0.264 e. The summed E-state index contributed by atoms with van der Waals surface area (Å²) in [7, 11) is -2.63. The van der Waals surface area contributed by atoms with Crippen LogP contribution in [0.4, 0.5) is 10.1 Å². The van der Waals surface area contributed by atoms with Crippen molar-refractivity contribution in [3.8, 4) is 0 Å². The second kappa shape index (κ2) is 5.74. The van der Waals surface area contributed by atoms with Gasteiger partial charge < -0.3 is 5.73 Å². The zero-order valence-corrected chi connectivity index (χ0v) is 12.7. The first-order valence-electron chi connectivity index (χ1n) is 5.83. The average Bonchev–Trinajstić information content (AvgIpc) is 2.46. The zero-order valence-electron chi connectivity index (χ0n) is 11.0. The monoisotopic (exact) mass is 325 g/mol. The number of nitrogens with zero attached hydrogens (tertiary/aromatic N) is 2. The Labute approximate surface area is 127 Å². The predicted molar refractivity (Wildman–Crippen MR) is 82.1 cm³/mol. The summed E-state index contributed by atoms with van der Waals surface area (Å²) in [5.74, 6) is -0.772. The van der Waals surface area contributed by atoms with Gasteiger partial charge in [-0.05, 0) is 24.3 Å². The molecule has 0 fully saturated rings. The van der Waals surface area contributed by atoms with Gasteiger partial charge in [-0.3, -0.25) is 9.29 Å². The standard InChI is InChI=1S/C13H12FN3O2S2/c1-17(9-5-7-16-8-6-9)21(18,19)11-4-2-3-10(14)12(11)13(15)20/h2-8H,1H3,(H2,15,20). The van der Waals surface area contributed by atoms with Crippen molar-refractivity contribution in [2.45, 2.75) is 4.90 Å². The van der Waals surface area contributed by atoms with E-state index in [1.807, 2.05) is 0 Å². The van der Waals surface area contributed by atoms with E-state index >= 15 is 0 Å². The summed E-state index contributed by atoms with van der Waals surface area (Å²) in [6, 6.07) is 6.73. The summed E-state index contributed by atoms with van der Waals surface area (Å²) in [6.07, 6.45) is 2.92. The van der Waals surface area contributed by atoms with Gasteiger partial charge in [0.2, 0.25) is 0 Å². The van der Waals surface area contributed by atoms with Gasteiger partial charge in [-0.25, -0.2) is 12.8 Å². The lowest BCUT2D eigenvalue weighted by molar-refractivity contribution is 0.588. The Morgan fingerprint density at radius 1 is 1.29 bits per heavy atom. The van der Waals surface area contributed by atoms with Crippen LogP contribution < -0.4 is 10.0 Å². The number of nitrogens with two attached hydrogens (primary N) is 1. The Hall–Kier alpha value is -2.06. The van der Waals surface area contributed by atoms with E-state index in [1.165, 1.54) is 43.7 Å². The molecular formula is C13H12FN3O2S2. The first kappa shape index (κ1) is 15.3. The minimum absolute atomic E-state index is 0.269. The maximum absolute atomic E-state index is 13.8. The van der Waals surface area contributed by atoms with Crippen LogP contribution in [0, 0.1) is 5.82 Å². The SMILES string of the molecule is CN(c1ccncc1)S(=O)(=O)c1cccc(F)c1C(N)=S. The Bertz CT molecular complexity index is 779. The molecule has 0 aliphatic heterocycles. The molecule has 2 rings (SSSR count). The third kappa shape index (κ3) is 2.86. The van der Waals surface area contributed by atoms with Crippen molar-refractivity contribution < 1.29 is 12.8 Å². The molecule has 1 heterocycles. The van der Waals surface area contributed by atoms with Crippen LogP contribution in [-0.2, 0) is 10.0 Å². The molecule has 0 bridgehead atoms. The van der Waals surface area contributed by atoms with Crippen LogP contribution in [0.2, 0.25) is 0 Å². The van der Waals surface area contributed by atoms with Gasteiger partial charge in [0, 0.05) is 19.4 Å². The van der Waals surface area contributed by atoms with E-state index in [0.29, 0.717) is 5.69 Å². The molecule has 0 aliphatic carbocycles. The largest absolute Gasteiger partial charge is 0.389 e. The minimum Gasteiger partial charge on any atom is -0.389 e. The molecule has 21 heavy (non-hydrogen) atoms. The van der Waals surface area contributed by atoms with Crippen molar-refractivity contribution >= 4 is 32.9 Å². The number of halogens is 1. The van der Waals surface area contributed by atoms with Crippen molar-refractivity contribution in [2.24, 2.45) is 5.73 Å². The number of pyridine rings is 1. The van der Waals surface area contributed by atoms with E-state index in [9.17, 15) is 12.8 Å². The van der Waals surface area contributed by atoms with Gasteiger partial charge in [0.25, 0.3) is 10.0 Å². The van der Waals surface area contributed by atoms with Crippen LogP contribution in [0.5, 0.6) is 0 Å². The number of aromatic nitrogens is 1. The highest BCUT2D eigenvalue weighted by Gasteiger charge is 2.27. The minimum atomic E-state index is -3.99. The van der Waals surface area contributed by atoms with E-state index in [4.69, 9.17) is 18.0 Å². The van der Waals surface area contributed by atoms with Gasteiger partial charge >= 0.3 is 0 Å². The fraction of sp³-hybridized carbons (Fsp3) is 0.0769. The third-order valence-electron chi connectivity index (χ3n) is 2.89. The molecular weight excluding hydrogens is 313 g/mol. The van der Waals surface area contributed by atoms with Gasteiger partial charge in [-0.1, -0.05) is 18.3 Å². The first-order chi connectivity index (χ1) is 9.85. The van der Waals surface area contributed by atoms with Crippen molar-refractivity contribution in [1.82, 2.24) is 4.98 Å². The van der Waals surface area contributed by atoms with Gasteiger partial charge in [0.15, 0.2) is 0 Å². The van der Waals surface area contributed by atoms with Crippen LogP contribution in [-0.4, -0.2) is 25.4 Å². The predicted octanol–water partition coefficient (Wildman–Crippen LogP) is 1.68. The number of benzene rings is 1. The molecule has 0 aliphatic rings. The summed E-state index contributed by atoms with van der Waals surface area (Å²) >= 11 is 4.75. The van der Waals surface area contributed by atoms with Crippen LogP contribution in [0.1, 0.15) is 5.56 Å². The van der Waals surface area contributed by atoms with Crippen molar-refractivity contribution in [3.63, 3.8) is 0 Å². The topological polar surface area (TPSA) is 76.3 Å². The molecule has 5 nitrogen and oxygen atoms in total. The highest BCUT2D eigenvalue weighted by atomic mass is 32.2. The number of sulfonamides is 1. The maximum atomic E-state index is 13.8. The number of hydrogen-bond donors (Lipinski definition) is 1. The Balaban J connectivity index is 2.61. The lowest BCUT2D eigenvalue weighted by atomic mass is 10.2. The van der Waals surface area contributed by atoms with E-state index in [-0.39, 0.29) is 15.4 Å². The molecule has 2 aromatic rings. The van der Waals surface area contributed by atoms with E-state index in [1.54, 1.807) is 0 Å². The first-order valence-corrected chi connectivity index (χ1v) is 7.68. The molecule has 1 aromatic heterocycles. The summed E-state index contributed by atoms with van der Waals surface area (Å²) in [5, 5.41) is 0. The van der Waals surface area contributed by atoms with E-state index in [0.717, 1.165) is 10.4 Å². The number of thiocarbonyl (C=S) groups is 1. The van der Waals surface area contributed by atoms with Crippen LogP contribution in [0.3, 0.4) is 0 Å². The molecule has 110 valence electrons. The van der Waals surface area contributed by atoms with Crippen LogP contribution >= 0.6 is 12.2 Å². The van der Waals surface area contributed by atoms with E-state index < -0.39 is 15.8 Å². The molecule has 0 radical (unpaired) electrons. The fourth-order valence-corrected chi connectivity index (χ4v) is 3.48. The van der Waals surface area contributed by atoms with Gasteiger partial charge in [0.1, 0.15) is 15.7 Å². The van der Waals surface area contributed by atoms with Crippen LogP contribution in [0.15, 0.2) is 47.6 Å². The lowest BCUT2D eigenvalue weighted by Gasteiger charge is -2.21. The second-order valence-corrected chi connectivity index (χ2v) is 6.53. The van der Waals surface area contributed by atoms with Gasteiger partial charge in [0.05, 0.1) is 11.3 Å². The average molecular weight is 325 g/mol.